The van der Waals surface area contributed by atoms with Gasteiger partial charge in [0.2, 0.25) is 0 Å². The number of anilines is 5. The lowest BCUT2D eigenvalue weighted by atomic mass is 10.1. The third-order valence-electron chi connectivity index (χ3n) is 4.65. The van der Waals surface area contributed by atoms with E-state index in [1.165, 1.54) is 16.8 Å². The topological polar surface area (TPSA) is 67.1 Å². The number of hydrogen-bond acceptors (Lipinski definition) is 5. The number of aromatic nitrogens is 2. The molecule has 4 rings (SSSR count). The molecule has 5 nitrogen and oxygen atoms in total. The zero-order chi connectivity index (χ0) is 17.4. The maximum Gasteiger partial charge on any atom is 0.161 e. The second-order valence-electron chi connectivity index (χ2n) is 6.43. The molecule has 0 saturated heterocycles. The summed E-state index contributed by atoms with van der Waals surface area (Å²) in [7, 11) is 0. The zero-order valence-corrected chi connectivity index (χ0v) is 14.5. The number of nitrogens with zero attached hydrogens (tertiary/aromatic N) is 3. The molecule has 126 valence electrons. The van der Waals surface area contributed by atoms with Crippen LogP contribution in [0.2, 0.25) is 0 Å². The van der Waals surface area contributed by atoms with Gasteiger partial charge in [-0.2, -0.15) is 0 Å². The van der Waals surface area contributed by atoms with Crippen LogP contribution in [0.4, 0.5) is 28.7 Å². The standard InChI is InChI=1S/C20H21N5/c1-13-7-8-14(2)16(11-13)24-19-18(21)20(23-12-22-19)25-10-9-15-5-3-4-6-17(15)25/h3-8,11-12H,9-10,21H2,1-2H3,(H,22,23,24). The summed E-state index contributed by atoms with van der Waals surface area (Å²) in [4.78, 5) is 11.0. The van der Waals surface area contributed by atoms with Gasteiger partial charge >= 0.3 is 0 Å². The summed E-state index contributed by atoms with van der Waals surface area (Å²) in [5.41, 5.74) is 12.8. The highest BCUT2D eigenvalue weighted by molar-refractivity contribution is 5.83. The molecule has 0 fully saturated rings. The van der Waals surface area contributed by atoms with E-state index in [2.05, 4.69) is 70.4 Å². The lowest BCUT2D eigenvalue weighted by Gasteiger charge is -2.21. The van der Waals surface area contributed by atoms with Crippen LogP contribution in [0.5, 0.6) is 0 Å². The number of nitrogens with one attached hydrogen (secondary N) is 1. The Balaban J connectivity index is 1.71. The summed E-state index contributed by atoms with van der Waals surface area (Å²) in [6, 6.07) is 14.7. The van der Waals surface area contributed by atoms with E-state index < -0.39 is 0 Å². The third kappa shape index (κ3) is 2.78. The van der Waals surface area contributed by atoms with Gasteiger partial charge in [-0.3, -0.25) is 0 Å². The molecule has 2 aromatic carbocycles. The molecule has 2 heterocycles. The Kier molecular flexibility index (Phi) is 3.76. The summed E-state index contributed by atoms with van der Waals surface area (Å²) >= 11 is 0. The maximum absolute atomic E-state index is 6.43. The number of nitrogen functional groups attached to an aromatic ring is 1. The Bertz CT molecular complexity index is 935. The summed E-state index contributed by atoms with van der Waals surface area (Å²) < 4.78 is 0. The molecule has 0 unspecified atom stereocenters. The van der Waals surface area contributed by atoms with Gasteiger partial charge in [0.25, 0.3) is 0 Å². The van der Waals surface area contributed by atoms with Crippen molar-refractivity contribution < 1.29 is 0 Å². The van der Waals surface area contributed by atoms with Gasteiger partial charge in [0.05, 0.1) is 0 Å². The van der Waals surface area contributed by atoms with Gasteiger partial charge in [-0.05, 0) is 49.1 Å². The van der Waals surface area contributed by atoms with Crippen molar-refractivity contribution in [3.05, 3.63) is 65.5 Å². The molecule has 0 atom stereocenters. The highest BCUT2D eigenvalue weighted by Crippen LogP contribution is 2.38. The summed E-state index contributed by atoms with van der Waals surface area (Å²) in [5.74, 6) is 1.40. The molecule has 1 aliphatic rings. The Labute approximate surface area is 147 Å². The molecule has 5 heteroatoms. The fraction of sp³-hybridized carbons (Fsp3) is 0.200. The molecule has 3 N–H and O–H groups in total. The van der Waals surface area contributed by atoms with Crippen LogP contribution in [0.3, 0.4) is 0 Å². The molecule has 0 saturated carbocycles. The van der Waals surface area contributed by atoms with E-state index in [4.69, 9.17) is 5.73 Å². The molecule has 0 spiro atoms. The first kappa shape index (κ1) is 15.4. The van der Waals surface area contributed by atoms with E-state index in [0.717, 1.165) is 30.0 Å². The smallest absolute Gasteiger partial charge is 0.161 e. The van der Waals surface area contributed by atoms with Crippen molar-refractivity contribution in [2.45, 2.75) is 20.3 Å². The van der Waals surface area contributed by atoms with Crippen LogP contribution in [-0.4, -0.2) is 16.5 Å². The number of aryl methyl sites for hydroxylation is 2. The lowest BCUT2D eigenvalue weighted by Crippen LogP contribution is -2.17. The number of nitrogens with two attached hydrogens (primary N) is 1. The monoisotopic (exact) mass is 331 g/mol. The Hall–Kier alpha value is -3.08. The molecule has 3 aromatic rings. The first-order chi connectivity index (χ1) is 12.1. The number of fused-ring (bicyclic) bond motifs is 1. The van der Waals surface area contributed by atoms with Crippen molar-refractivity contribution in [2.24, 2.45) is 0 Å². The quantitative estimate of drug-likeness (QED) is 0.756. The zero-order valence-electron chi connectivity index (χ0n) is 14.5. The van der Waals surface area contributed by atoms with Gasteiger partial charge in [-0.25, -0.2) is 9.97 Å². The molecule has 0 radical (unpaired) electrons. The predicted molar refractivity (Wildman–Crippen MR) is 103 cm³/mol. The molecular weight excluding hydrogens is 310 g/mol. The molecule has 0 amide bonds. The number of rotatable bonds is 3. The molecule has 25 heavy (non-hydrogen) atoms. The van der Waals surface area contributed by atoms with Crippen LogP contribution >= 0.6 is 0 Å². The van der Waals surface area contributed by atoms with Gasteiger partial charge < -0.3 is 16.0 Å². The van der Waals surface area contributed by atoms with Crippen LogP contribution in [0, 0.1) is 13.8 Å². The molecular formula is C20H21N5. The van der Waals surface area contributed by atoms with Crippen LogP contribution in [0.15, 0.2) is 48.8 Å². The van der Waals surface area contributed by atoms with E-state index in [-0.39, 0.29) is 0 Å². The Morgan fingerprint density at radius 2 is 1.92 bits per heavy atom. The number of benzene rings is 2. The van der Waals surface area contributed by atoms with Crippen LogP contribution < -0.4 is 16.0 Å². The van der Waals surface area contributed by atoms with Gasteiger partial charge in [0.1, 0.15) is 12.0 Å². The largest absolute Gasteiger partial charge is 0.393 e. The number of hydrogen-bond donors (Lipinski definition) is 2. The van der Waals surface area contributed by atoms with Gasteiger partial charge in [-0.15, -0.1) is 0 Å². The Morgan fingerprint density at radius 1 is 1.08 bits per heavy atom. The van der Waals surface area contributed by atoms with Crippen LogP contribution in [0.1, 0.15) is 16.7 Å². The minimum atomic E-state index is 0.570. The van der Waals surface area contributed by atoms with Gasteiger partial charge in [-0.1, -0.05) is 30.3 Å². The van der Waals surface area contributed by atoms with Gasteiger partial charge in [0.15, 0.2) is 11.6 Å². The van der Waals surface area contributed by atoms with Gasteiger partial charge in [0, 0.05) is 17.9 Å². The maximum atomic E-state index is 6.43. The highest BCUT2D eigenvalue weighted by Gasteiger charge is 2.24. The first-order valence-electron chi connectivity index (χ1n) is 8.43. The van der Waals surface area contributed by atoms with E-state index in [0.29, 0.717) is 11.5 Å². The molecule has 0 bridgehead atoms. The second kappa shape index (κ2) is 6.09. The van der Waals surface area contributed by atoms with E-state index in [1.807, 2.05) is 6.07 Å². The van der Waals surface area contributed by atoms with Crippen molar-refractivity contribution in [1.82, 2.24) is 9.97 Å². The SMILES string of the molecule is Cc1ccc(C)c(Nc2ncnc(N3CCc4ccccc43)c2N)c1. The summed E-state index contributed by atoms with van der Waals surface area (Å²) in [6.07, 6.45) is 2.57. The van der Waals surface area contributed by atoms with E-state index in [9.17, 15) is 0 Å². The average Bonchev–Trinajstić information content (AvgIpc) is 3.04. The molecule has 0 aliphatic carbocycles. The highest BCUT2D eigenvalue weighted by atomic mass is 15.2. The van der Waals surface area contributed by atoms with Crippen molar-refractivity contribution in [1.29, 1.82) is 0 Å². The lowest BCUT2D eigenvalue weighted by molar-refractivity contribution is 0.967. The van der Waals surface area contributed by atoms with E-state index in [1.54, 1.807) is 6.33 Å². The fourth-order valence-corrected chi connectivity index (χ4v) is 3.26. The van der Waals surface area contributed by atoms with Crippen molar-refractivity contribution in [2.75, 3.05) is 22.5 Å². The average molecular weight is 331 g/mol. The first-order valence-corrected chi connectivity index (χ1v) is 8.43. The normalized spacial score (nSPS) is 13.0. The van der Waals surface area contributed by atoms with Crippen molar-refractivity contribution >= 4 is 28.7 Å². The van der Waals surface area contributed by atoms with E-state index >= 15 is 0 Å². The molecule has 1 aliphatic heterocycles. The summed E-state index contributed by atoms with van der Waals surface area (Å²) in [6.45, 7) is 5.01. The minimum absolute atomic E-state index is 0.570. The van der Waals surface area contributed by atoms with Crippen LogP contribution in [-0.2, 0) is 6.42 Å². The predicted octanol–water partition coefficient (Wildman–Crippen LogP) is 4.11. The summed E-state index contributed by atoms with van der Waals surface area (Å²) in [5, 5.41) is 3.37. The third-order valence-corrected chi connectivity index (χ3v) is 4.65. The number of para-hydroxylation sites is 1. The fourth-order valence-electron chi connectivity index (χ4n) is 3.26. The van der Waals surface area contributed by atoms with Crippen molar-refractivity contribution in [3.8, 4) is 0 Å². The minimum Gasteiger partial charge on any atom is -0.393 e. The molecule has 1 aromatic heterocycles. The second-order valence-corrected chi connectivity index (χ2v) is 6.43. The van der Waals surface area contributed by atoms with Crippen molar-refractivity contribution in [3.63, 3.8) is 0 Å². The Morgan fingerprint density at radius 3 is 2.80 bits per heavy atom. The van der Waals surface area contributed by atoms with Crippen LogP contribution in [0.25, 0.3) is 0 Å².